The number of rotatable bonds is 3. The number of para-hydroxylation sites is 2. The summed E-state index contributed by atoms with van der Waals surface area (Å²) in [5.74, 6) is 1.04. The molecule has 3 heterocycles. The Hall–Kier alpha value is -3.49. The van der Waals surface area contributed by atoms with Crippen LogP contribution in [0.25, 0.3) is 33.9 Å². The van der Waals surface area contributed by atoms with Crippen LogP contribution in [0.4, 0.5) is 0 Å². The van der Waals surface area contributed by atoms with E-state index in [0.717, 1.165) is 4.57 Å². The minimum Gasteiger partial charge on any atom is -0.495 e. The van der Waals surface area contributed by atoms with Crippen LogP contribution in [0.1, 0.15) is 0 Å². The standard InChI is InChI=1S/C22H17Cl2N5O3/c1-26-19-18(20(30)27(2)22(26)31)28-11-16(13-9-8-12(23)10-14(13)24)29(21(28)25-19)15-6-4-5-7-17(15)32-3/h4-11H,1-3H3. The first kappa shape index (κ1) is 20.4. The van der Waals surface area contributed by atoms with Crippen LogP contribution in [0.5, 0.6) is 5.75 Å². The highest BCUT2D eigenvalue weighted by Gasteiger charge is 2.23. The minimum absolute atomic E-state index is 0.282. The summed E-state index contributed by atoms with van der Waals surface area (Å²) in [4.78, 5) is 30.1. The van der Waals surface area contributed by atoms with E-state index in [9.17, 15) is 9.59 Å². The van der Waals surface area contributed by atoms with Gasteiger partial charge in [-0.3, -0.25) is 22.9 Å². The molecule has 0 fully saturated rings. The number of hydrogen-bond acceptors (Lipinski definition) is 4. The zero-order valence-corrected chi connectivity index (χ0v) is 18.8. The van der Waals surface area contributed by atoms with Gasteiger partial charge in [-0.1, -0.05) is 35.3 Å². The van der Waals surface area contributed by atoms with Crippen molar-refractivity contribution in [3.05, 3.63) is 79.5 Å². The van der Waals surface area contributed by atoms with Crippen molar-refractivity contribution in [3.63, 3.8) is 0 Å². The van der Waals surface area contributed by atoms with Crippen molar-refractivity contribution in [1.29, 1.82) is 0 Å². The molecule has 0 N–H and O–H groups in total. The first-order valence-corrected chi connectivity index (χ1v) is 10.4. The van der Waals surface area contributed by atoms with Gasteiger partial charge in [0.15, 0.2) is 11.2 Å². The number of ether oxygens (including phenoxy) is 1. The number of halogens is 2. The molecule has 0 saturated carbocycles. The minimum atomic E-state index is -0.451. The lowest BCUT2D eigenvalue weighted by atomic mass is 10.1. The molecule has 0 bridgehead atoms. The maximum atomic E-state index is 13.0. The predicted octanol–water partition coefficient (Wildman–Crippen LogP) is 3.66. The van der Waals surface area contributed by atoms with Gasteiger partial charge < -0.3 is 4.74 Å². The fourth-order valence-corrected chi connectivity index (χ4v) is 4.42. The summed E-state index contributed by atoms with van der Waals surface area (Å²) in [5.41, 5.74) is 1.74. The van der Waals surface area contributed by atoms with Gasteiger partial charge in [0.2, 0.25) is 5.78 Å². The summed E-state index contributed by atoms with van der Waals surface area (Å²) in [6.07, 6.45) is 1.78. The number of aromatic nitrogens is 5. The largest absolute Gasteiger partial charge is 0.495 e. The van der Waals surface area contributed by atoms with Crippen molar-refractivity contribution in [3.8, 4) is 22.7 Å². The highest BCUT2D eigenvalue weighted by atomic mass is 35.5. The van der Waals surface area contributed by atoms with Crippen molar-refractivity contribution in [1.82, 2.24) is 23.1 Å². The van der Waals surface area contributed by atoms with E-state index in [4.69, 9.17) is 27.9 Å². The van der Waals surface area contributed by atoms with Crippen LogP contribution < -0.4 is 16.0 Å². The molecule has 8 nitrogen and oxygen atoms in total. The van der Waals surface area contributed by atoms with Gasteiger partial charge in [-0.15, -0.1) is 0 Å². The highest BCUT2D eigenvalue weighted by Crippen LogP contribution is 2.36. The van der Waals surface area contributed by atoms with Gasteiger partial charge in [0.25, 0.3) is 5.56 Å². The van der Waals surface area contributed by atoms with Crippen molar-refractivity contribution in [2.45, 2.75) is 0 Å². The molecule has 5 aromatic rings. The van der Waals surface area contributed by atoms with E-state index in [0.29, 0.717) is 38.5 Å². The Balaban J connectivity index is 2.00. The van der Waals surface area contributed by atoms with Crippen LogP contribution in [-0.2, 0) is 14.1 Å². The Morgan fingerprint density at radius 2 is 1.75 bits per heavy atom. The van der Waals surface area contributed by atoms with Crippen LogP contribution >= 0.6 is 23.2 Å². The first-order chi connectivity index (χ1) is 15.3. The second-order valence-electron chi connectivity index (χ2n) is 7.31. The lowest BCUT2D eigenvalue weighted by Crippen LogP contribution is -2.37. The SMILES string of the molecule is COc1ccccc1-n1c(-c2ccc(Cl)cc2Cl)cn2c3c(=O)n(C)c(=O)n(C)c3nc12. The Bertz CT molecular complexity index is 1660. The molecule has 0 aliphatic heterocycles. The summed E-state index contributed by atoms with van der Waals surface area (Å²) in [6.45, 7) is 0. The molecule has 0 amide bonds. The van der Waals surface area contributed by atoms with Gasteiger partial charge in [-0.25, -0.2) is 4.79 Å². The normalized spacial score (nSPS) is 11.5. The molecule has 0 atom stereocenters. The Morgan fingerprint density at radius 1 is 1.00 bits per heavy atom. The van der Waals surface area contributed by atoms with Crippen molar-refractivity contribution < 1.29 is 4.74 Å². The average molecular weight is 470 g/mol. The van der Waals surface area contributed by atoms with Gasteiger partial charge in [0.05, 0.1) is 23.5 Å². The molecule has 3 aromatic heterocycles. The molecule has 162 valence electrons. The highest BCUT2D eigenvalue weighted by molar-refractivity contribution is 6.36. The number of hydrogen-bond donors (Lipinski definition) is 0. The smallest absolute Gasteiger partial charge is 0.332 e. The lowest BCUT2D eigenvalue weighted by Gasteiger charge is -2.13. The molecule has 0 aliphatic rings. The third kappa shape index (κ3) is 2.80. The van der Waals surface area contributed by atoms with E-state index in [-0.39, 0.29) is 11.2 Å². The van der Waals surface area contributed by atoms with E-state index >= 15 is 0 Å². The Morgan fingerprint density at radius 3 is 2.47 bits per heavy atom. The molecule has 0 spiro atoms. The molecule has 5 rings (SSSR count). The van der Waals surface area contributed by atoms with Crippen LogP contribution in [0, 0.1) is 0 Å². The number of methoxy groups -OCH3 is 1. The number of imidazole rings is 2. The Labute approximate surface area is 191 Å². The number of aryl methyl sites for hydroxylation is 1. The molecule has 32 heavy (non-hydrogen) atoms. The zero-order chi connectivity index (χ0) is 22.7. The summed E-state index contributed by atoms with van der Waals surface area (Å²) in [6, 6.07) is 12.6. The molecular formula is C22H17Cl2N5O3. The van der Waals surface area contributed by atoms with Crippen LogP contribution in [-0.4, -0.2) is 30.2 Å². The van der Waals surface area contributed by atoms with Gasteiger partial charge in [-0.2, -0.15) is 4.98 Å². The van der Waals surface area contributed by atoms with E-state index in [1.54, 1.807) is 43.0 Å². The molecule has 2 aromatic carbocycles. The van der Waals surface area contributed by atoms with Crippen LogP contribution in [0.15, 0.2) is 58.3 Å². The van der Waals surface area contributed by atoms with Gasteiger partial charge in [-0.05, 0) is 30.3 Å². The van der Waals surface area contributed by atoms with E-state index in [2.05, 4.69) is 4.98 Å². The van der Waals surface area contributed by atoms with Crippen molar-refractivity contribution in [2.24, 2.45) is 14.1 Å². The molecule has 0 saturated heterocycles. The lowest BCUT2D eigenvalue weighted by molar-refractivity contribution is 0.413. The van der Waals surface area contributed by atoms with Crippen molar-refractivity contribution >= 4 is 40.1 Å². The third-order valence-electron chi connectivity index (χ3n) is 5.50. The topological polar surface area (TPSA) is 75.5 Å². The fourth-order valence-electron chi connectivity index (χ4n) is 3.91. The molecular weight excluding hydrogens is 453 g/mol. The second kappa shape index (κ2) is 7.29. The molecule has 0 radical (unpaired) electrons. The zero-order valence-electron chi connectivity index (χ0n) is 17.3. The van der Waals surface area contributed by atoms with E-state index in [1.807, 2.05) is 28.8 Å². The average Bonchev–Trinajstić information content (AvgIpc) is 3.32. The maximum Gasteiger partial charge on any atom is 0.332 e. The predicted molar refractivity (Wildman–Crippen MR) is 125 cm³/mol. The Kier molecular flexibility index (Phi) is 4.65. The van der Waals surface area contributed by atoms with Gasteiger partial charge in [0, 0.05) is 30.9 Å². The summed E-state index contributed by atoms with van der Waals surface area (Å²) < 4.78 is 11.5. The van der Waals surface area contributed by atoms with Crippen LogP contribution in [0.2, 0.25) is 10.0 Å². The fraction of sp³-hybridized carbons (Fsp3) is 0.136. The van der Waals surface area contributed by atoms with Crippen molar-refractivity contribution in [2.75, 3.05) is 7.11 Å². The number of fused-ring (bicyclic) bond motifs is 3. The van der Waals surface area contributed by atoms with Crippen LogP contribution in [0.3, 0.4) is 0 Å². The van der Waals surface area contributed by atoms with E-state index < -0.39 is 11.2 Å². The number of nitrogens with zero attached hydrogens (tertiary/aromatic N) is 5. The van der Waals surface area contributed by atoms with E-state index in [1.165, 1.54) is 11.6 Å². The molecule has 0 unspecified atom stereocenters. The number of benzene rings is 2. The second-order valence-corrected chi connectivity index (χ2v) is 8.15. The monoisotopic (exact) mass is 469 g/mol. The quantitative estimate of drug-likeness (QED) is 0.404. The molecule has 0 aliphatic carbocycles. The summed E-state index contributed by atoms with van der Waals surface area (Å²) in [5, 5.41) is 0.951. The van der Waals surface area contributed by atoms with Gasteiger partial charge in [0.1, 0.15) is 5.75 Å². The summed E-state index contributed by atoms with van der Waals surface area (Å²) >= 11 is 12.7. The van der Waals surface area contributed by atoms with Gasteiger partial charge >= 0.3 is 5.69 Å². The first-order valence-electron chi connectivity index (χ1n) is 9.61. The maximum absolute atomic E-state index is 13.0. The molecule has 10 heteroatoms. The summed E-state index contributed by atoms with van der Waals surface area (Å²) in [7, 11) is 4.61. The third-order valence-corrected chi connectivity index (χ3v) is 6.05.